The zero-order valence-electron chi connectivity index (χ0n) is 12.1. The van der Waals surface area contributed by atoms with E-state index in [1.54, 1.807) is 11.3 Å². The van der Waals surface area contributed by atoms with E-state index in [1.807, 2.05) is 17.8 Å². The highest BCUT2D eigenvalue weighted by molar-refractivity contribution is 7.99. The fourth-order valence-corrected chi connectivity index (χ4v) is 4.73. The van der Waals surface area contributed by atoms with Crippen LogP contribution >= 0.6 is 34.7 Å². The van der Waals surface area contributed by atoms with Crippen molar-refractivity contribution in [1.29, 1.82) is 0 Å². The van der Waals surface area contributed by atoms with Crippen molar-refractivity contribution in [3.05, 3.63) is 21.3 Å². The van der Waals surface area contributed by atoms with Crippen LogP contribution in [0.5, 0.6) is 0 Å². The van der Waals surface area contributed by atoms with Crippen molar-refractivity contribution in [2.75, 3.05) is 25.4 Å². The molecule has 0 aliphatic rings. The van der Waals surface area contributed by atoms with Gasteiger partial charge in [0.15, 0.2) is 0 Å². The Labute approximate surface area is 130 Å². The summed E-state index contributed by atoms with van der Waals surface area (Å²) in [7, 11) is 0. The highest BCUT2D eigenvalue weighted by Gasteiger charge is 2.20. The zero-order chi connectivity index (χ0) is 14.3. The molecule has 1 aromatic heterocycles. The Morgan fingerprint density at radius 2 is 2.00 bits per heavy atom. The maximum Gasteiger partial charge on any atom is 0.0931 e. The molecule has 2 N–H and O–H groups in total. The third-order valence-corrected chi connectivity index (χ3v) is 6.18. The Kier molecular flexibility index (Phi) is 8.42. The molecule has 2 nitrogen and oxygen atoms in total. The van der Waals surface area contributed by atoms with E-state index in [-0.39, 0.29) is 6.04 Å². The Bertz CT molecular complexity index is 353. The average Bonchev–Trinajstić information content (AvgIpc) is 2.84. The molecule has 0 fully saturated rings. The van der Waals surface area contributed by atoms with E-state index in [1.165, 1.54) is 4.88 Å². The second kappa shape index (κ2) is 9.24. The molecule has 0 radical (unpaired) electrons. The minimum absolute atomic E-state index is 0.205. The average molecular weight is 321 g/mol. The van der Waals surface area contributed by atoms with Crippen LogP contribution in [-0.2, 0) is 0 Å². The fourth-order valence-electron chi connectivity index (χ4n) is 1.96. The summed E-state index contributed by atoms with van der Waals surface area (Å²) in [6, 6.07) is 4.30. The lowest BCUT2D eigenvalue weighted by Gasteiger charge is -2.23. The SMILES string of the molecule is CCC(N)C(SCCN(CC)CC)c1ccc(Cl)s1. The van der Waals surface area contributed by atoms with Crippen LogP contribution < -0.4 is 5.73 Å². The van der Waals surface area contributed by atoms with Crippen molar-refractivity contribution in [2.45, 2.75) is 38.5 Å². The summed E-state index contributed by atoms with van der Waals surface area (Å²) in [6.45, 7) is 9.94. The predicted molar refractivity (Wildman–Crippen MR) is 90.6 cm³/mol. The number of rotatable bonds is 9. The minimum Gasteiger partial charge on any atom is -0.326 e. The van der Waals surface area contributed by atoms with Crippen molar-refractivity contribution >= 4 is 34.7 Å². The predicted octanol–water partition coefficient (Wildman–Crippen LogP) is 4.25. The van der Waals surface area contributed by atoms with Gasteiger partial charge < -0.3 is 10.6 Å². The number of halogens is 1. The lowest BCUT2D eigenvalue weighted by molar-refractivity contribution is 0.323. The summed E-state index contributed by atoms with van der Waals surface area (Å²) in [6.07, 6.45) is 0.998. The van der Waals surface area contributed by atoms with Crippen LogP contribution in [-0.4, -0.2) is 36.3 Å². The molecular formula is C14H25ClN2S2. The first-order valence-electron chi connectivity index (χ1n) is 6.97. The van der Waals surface area contributed by atoms with Crippen LogP contribution in [0.2, 0.25) is 4.34 Å². The van der Waals surface area contributed by atoms with Gasteiger partial charge in [0.2, 0.25) is 0 Å². The fraction of sp³-hybridized carbons (Fsp3) is 0.714. The molecule has 0 saturated heterocycles. The molecule has 0 amide bonds. The normalized spacial score (nSPS) is 14.8. The molecule has 0 aliphatic carbocycles. The molecule has 19 heavy (non-hydrogen) atoms. The van der Waals surface area contributed by atoms with Gasteiger partial charge in [-0.2, -0.15) is 0 Å². The van der Waals surface area contributed by atoms with Crippen LogP contribution in [0.25, 0.3) is 0 Å². The molecule has 5 heteroatoms. The second-order valence-electron chi connectivity index (χ2n) is 4.53. The molecule has 1 rings (SSSR count). The number of hydrogen-bond acceptors (Lipinski definition) is 4. The van der Waals surface area contributed by atoms with Crippen LogP contribution in [0.15, 0.2) is 12.1 Å². The van der Waals surface area contributed by atoms with Crippen LogP contribution in [0.4, 0.5) is 0 Å². The van der Waals surface area contributed by atoms with Crippen molar-refractivity contribution in [1.82, 2.24) is 4.90 Å². The maximum atomic E-state index is 6.27. The van der Waals surface area contributed by atoms with Gasteiger partial charge in [-0.15, -0.1) is 23.1 Å². The molecule has 110 valence electrons. The van der Waals surface area contributed by atoms with E-state index < -0.39 is 0 Å². The van der Waals surface area contributed by atoms with Crippen molar-refractivity contribution in [3.8, 4) is 0 Å². The molecule has 2 atom stereocenters. The Morgan fingerprint density at radius 3 is 2.47 bits per heavy atom. The molecule has 0 bridgehead atoms. The molecule has 2 unspecified atom stereocenters. The Hall–Kier alpha value is 0.260. The summed E-state index contributed by atoms with van der Waals surface area (Å²) < 4.78 is 0.854. The summed E-state index contributed by atoms with van der Waals surface area (Å²) >= 11 is 9.67. The molecule has 0 saturated carbocycles. The smallest absolute Gasteiger partial charge is 0.0931 e. The summed E-state index contributed by atoms with van der Waals surface area (Å²) in [5.74, 6) is 1.12. The first-order valence-corrected chi connectivity index (χ1v) is 9.21. The van der Waals surface area contributed by atoms with E-state index in [2.05, 4.69) is 31.7 Å². The maximum absolute atomic E-state index is 6.27. The summed E-state index contributed by atoms with van der Waals surface area (Å²) in [5, 5.41) is 0.373. The monoisotopic (exact) mass is 320 g/mol. The van der Waals surface area contributed by atoms with Crippen molar-refractivity contribution < 1.29 is 0 Å². The first kappa shape index (κ1) is 17.3. The highest BCUT2D eigenvalue weighted by Crippen LogP contribution is 2.38. The second-order valence-corrected chi connectivity index (χ2v) is 7.53. The van der Waals surface area contributed by atoms with E-state index in [0.717, 1.165) is 36.1 Å². The third-order valence-electron chi connectivity index (χ3n) is 3.33. The van der Waals surface area contributed by atoms with Gasteiger partial charge in [0, 0.05) is 23.2 Å². The van der Waals surface area contributed by atoms with Gasteiger partial charge in [-0.05, 0) is 31.6 Å². The van der Waals surface area contributed by atoms with E-state index >= 15 is 0 Å². The summed E-state index contributed by atoms with van der Waals surface area (Å²) in [5.41, 5.74) is 6.27. The Morgan fingerprint density at radius 1 is 1.32 bits per heavy atom. The topological polar surface area (TPSA) is 29.3 Å². The van der Waals surface area contributed by atoms with Gasteiger partial charge in [0.25, 0.3) is 0 Å². The van der Waals surface area contributed by atoms with Crippen LogP contribution in [0, 0.1) is 0 Å². The van der Waals surface area contributed by atoms with E-state index in [4.69, 9.17) is 17.3 Å². The lowest BCUT2D eigenvalue weighted by Crippen LogP contribution is -2.28. The van der Waals surface area contributed by atoms with Crippen molar-refractivity contribution in [2.24, 2.45) is 5.73 Å². The van der Waals surface area contributed by atoms with Gasteiger partial charge in [0.1, 0.15) is 0 Å². The largest absolute Gasteiger partial charge is 0.326 e. The van der Waals surface area contributed by atoms with Gasteiger partial charge in [-0.3, -0.25) is 0 Å². The van der Waals surface area contributed by atoms with E-state index in [0.29, 0.717) is 5.25 Å². The minimum atomic E-state index is 0.205. The number of hydrogen-bond donors (Lipinski definition) is 1. The van der Waals surface area contributed by atoms with Gasteiger partial charge in [-0.1, -0.05) is 32.4 Å². The number of thioether (sulfide) groups is 1. The quantitative estimate of drug-likeness (QED) is 0.737. The number of nitrogens with two attached hydrogens (primary N) is 1. The van der Waals surface area contributed by atoms with Crippen LogP contribution in [0.1, 0.15) is 37.3 Å². The molecule has 1 aromatic rings. The summed E-state index contributed by atoms with van der Waals surface area (Å²) in [4.78, 5) is 3.76. The number of thiophene rings is 1. The Balaban J connectivity index is 2.56. The molecular weight excluding hydrogens is 296 g/mol. The van der Waals surface area contributed by atoms with Gasteiger partial charge in [0.05, 0.1) is 9.59 Å². The van der Waals surface area contributed by atoms with Crippen LogP contribution in [0.3, 0.4) is 0 Å². The number of nitrogens with zero attached hydrogens (tertiary/aromatic N) is 1. The standard InChI is InChI=1S/C14H25ClN2S2/c1-4-11(16)14(12-7-8-13(15)19-12)18-10-9-17(5-2)6-3/h7-8,11,14H,4-6,9-10,16H2,1-3H3. The van der Waals surface area contributed by atoms with Crippen molar-refractivity contribution in [3.63, 3.8) is 0 Å². The third kappa shape index (κ3) is 5.64. The first-order chi connectivity index (χ1) is 9.12. The molecule has 1 heterocycles. The highest BCUT2D eigenvalue weighted by atomic mass is 35.5. The molecule has 0 aromatic carbocycles. The molecule has 0 spiro atoms. The van der Waals surface area contributed by atoms with Gasteiger partial charge >= 0.3 is 0 Å². The molecule has 0 aliphatic heterocycles. The lowest BCUT2D eigenvalue weighted by atomic mass is 10.1. The van der Waals surface area contributed by atoms with E-state index in [9.17, 15) is 0 Å². The zero-order valence-corrected chi connectivity index (χ0v) is 14.5. The van der Waals surface area contributed by atoms with Gasteiger partial charge in [-0.25, -0.2) is 0 Å².